The summed E-state index contributed by atoms with van der Waals surface area (Å²) in [7, 11) is 0. The van der Waals surface area contributed by atoms with Crippen LogP contribution in [0, 0.1) is 17.0 Å². The third kappa shape index (κ3) is 2.62. The van der Waals surface area contributed by atoms with Crippen molar-refractivity contribution in [2.75, 3.05) is 23.0 Å². The number of anilines is 1. The van der Waals surface area contributed by atoms with Gasteiger partial charge in [0.25, 0.3) is 0 Å². The van der Waals surface area contributed by atoms with Crippen molar-refractivity contribution in [3.05, 3.63) is 27.9 Å². The fourth-order valence-corrected chi connectivity index (χ4v) is 3.07. The van der Waals surface area contributed by atoms with E-state index < -0.39 is 16.9 Å². The quantitative estimate of drug-likeness (QED) is 0.659. The van der Waals surface area contributed by atoms with Gasteiger partial charge in [0.05, 0.1) is 4.92 Å². The zero-order valence-corrected chi connectivity index (χ0v) is 11.1. The highest BCUT2D eigenvalue weighted by Gasteiger charge is 2.34. The Morgan fingerprint density at radius 2 is 2.42 bits per heavy atom. The van der Waals surface area contributed by atoms with Crippen LogP contribution in [0.2, 0.25) is 0 Å². The molecule has 0 spiro atoms. The first-order valence-corrected chi connectivity index (χ1v) is 6.85. The van der Waals surface area contributed by atoms with Gasteiger partial charge in [-0.25, -0.2) is 9.78 Å². The largest absolute Gasteiger partial charge is 0.480 e. The first-order valence-electron chi connectivity index (χ1n) is 5.69. The van der Waals surface area contributed by atoms with Gasteiger partial charge in [0.2, 0.25) is 5.82 Å². The van der Waals surface area contributed by atoms with Gasteiger partial charge in [-0.05, 0) is 13.0 Å². The molecular weight excluding hydrogens is 270 g/mol. The number of pyridine rings is 1. The number of carboxylic acids is 1. The Labute approximate surface area is 113 Å². The van der Waals surface area contributed by atoms with Gasteiger partial charge in [-0.2, -0.15) is 11.8 Å². The van der Waals surface area contributed by atoms with Crippen LogP contribution in [0.5, 0.6) is 0 Å². The zero-order valence-electron chi connectivity index (χ0n) is 10.3. The third-order valence-electron chi connectivity index (χ3n) is 2.97. The van der Waals surface area contributed by atoms with Crippen molar-refractivity contribution < 1.29 is 14.8 Å². The molecule has 0 amide bonds. The van der Waals surface area contributed by atoms with Crippen molar-refractivity contribution in [3.8, 4) is 0 Å². The third-order valence-corrected chi connectivity index (χ3v) is 4.00. The van der Waals surface area contributed by atoms with E-state index in [1.165, 1.54) is 22.9 Å². The highest BCUT2D eigenvalue weighted by atomic mass is 32.2. The number of carbonyl (C=O) groups is 1. The summed E-state index contributed by atoms with van der Waals surface area (Å²) in [5.74, 6) is 0.307. The van der Waals surface area contributed by atoms with E-state index >= 15 is 0 Å². The van der Waals surface area contributed by atoms with Gasteiger partial charge in [0.1, 0.15) is 6.04 Å². The lowest BCUT2D eigenvalue weighted by Crippen LogP contribution is -2.48. The van der Waals surface area contributed by atoms with Crippen molar-refractivity contribution >= 4 is 29.2 Å². The fourth-order valence-electron chi connectivity index (χ4n) is 2.03. The average molecular weight is 283 g/mol. The number of aryl methyl sites for hydroxylation is 1. The first-order chi connectivity index (χ1) is 9.02. The van der Waals surface area contributed by atoms with Crippen LogP contribution in [0.3, 0.4) is 0 Å². The van der Waals surface area contributed by atoms with E-state index in [0.717, 1.165) is 5.75 Å². The van der Waals surface area contributed by atoms with Crippen LogP contribution in [0.4, 0.5) is 11.5 Å². The molecule has 1 aromatic rings. The molecule has 1 saturated heterocycles. The van der Waals surface area contributed by atoms with Gasteiger partial charge in [-0.15, -0.1) is 0 Å². The van der Waals surface area contributed by atoms with E-state index in [0.29, 0.717) is 17.9 Å². The minimum atomic E-state index is -0.982. The molecule has 1 aliphatic rings. The van der Waals surface area contributed by atoms with Crippen LogP contribution in [0.1, 0.15) is 5.56 Å². The van der Waals surface area contributed by atoms with E-state index in [9.17, 15) is 20.0 Å². The molecule has 0 aromatic carbocycles. The molecule has 1 aromatic heterocycles. The average Bonchev–Trinajstić information content (AvgIpc) is 2.37. The molecule has 1 atom stereocenters. The number of aromatic nitrogens is 1. The summed E-state index contributed by atoms with van der Waals surface area (Å²) in [6.07, 6.45) is 1.47. The van der Waals surface area contributed by atoms with Crippen molar-refractivity contribution in [2.45, 2.75) is 13.0 Å². The summed E-state index contributed by atoms with van der Waals surface area (Å²) < 4.78 is 0. The van der Waals surface area contributed by atoms with Crippen molar-refractivity contribution in [3.63, 3.8) is 0 Å². The van der Waals surface area contributed by atoms with Crippen molar-refractivity contribution in [1.29, 1.82) is 0 Å². The van der Waals surface area contributed by atoms with Gasteiger partial charge in [-0.3, -0.25) is 10.1 Å². The molecule has 1 aliphatic heterocycles. The summed E-state index contributed by atoms with van der Waals surface area (Å²) in [6, 6.07) is 0.780. The zero-order chi connectivity index (χ0) is 14.0. The van der Waals surface area contributed by atoms with Crippen LogP contribution in [-0.4, -0.2) is 45.1 Å². The predicted octanol–water partition coefficient (Wildman–Crippen LogP) is 1.30. The topological polar surface area (TPSA) is 96.6 Å². The number of carboxylic acid groups (broad SMARTS) is 1. The van der Waals surface area contributed by atoms with E-state index in [4.69, 9.17) is 0 Å². The summed E-state index contributed by atoms with van der Waals surface area (Å²) >= 11 is 1.53. The lowest BCUT2D eigenvalue weighted by Gasteiger charge is -2.33. The fraction of sp³-hybridized carbons (Fsp3) is 0.455. The second-order valence-corrected chi connectivity index (χ2v) is 5.33. The van der Waals surface area contributed by atoms with E-state index in [2.05, 4.69) is 4.98 Å². The van der Waals surface area contributed by atoms with Gasteiger partial charge >= 0.3 is 11.7 Å². The monoisotopic (exact) mass is 283 g/mol. The summed E-state index contributed by atoms with van der Waals surface area (Å²) in [5.41, 5.74) is 0.373. The predicted molar refractivity (Wildman–Crippen MR) is 71.7 cm³/mol. The van der Waals surface area contributed by atoms with Crippen LogP contribution < -0.4 is 4.90 Å². The number of rotatable bonds is 3. The van der Waals surface area contributed by atoms with Gasteiger partial charge in [0.15, 0.2) is 0 Å². The molecule has 1 fully saturated rings. The molecule has 0 radical (unpaired) electrons. The summed E-state index contributed by atoms with van der Waals surface area (Å²) in [4.78, 5) is 27.4. The lowest BCUT2D eigenvalue weighted by molar-refractivity contribution is -0.384. The van der Waals surface area contributed by atoms with Gasteiger partial charge in [0, 0.05) is 29.8 Å². The highest BCUT2D eigenvalue weighted by Crippen LogP contribution is 2.32. The van der Waals surface area contributed by atoms with E-state index in [-0.39, 0.29) is 11.5 Å². The maximum Gasteiger partial charge on any atom is 0.327 e. The Kier molecular flexibility index (Phi) is 3.89. The molecule has 7 nitrogen and oxygen atoms in total. The van der Waals surface area contributed by atoms with E-state index in [1.807, 2.05) is 0 Å². The van der Waals surface area contributed by atoms with Crippen LogP contribution >= 0.6 is 11.8 Å². The Balaban J connectivity index is 2.47. The first kappa shape index (κ1) is 13.6. The maximum atomic E-state index is 11.3. The molecular formula is C11H13N3O4S. The number of aliphatic carboxylic acids is 1. The molecule has 2 rings (SSSR count). The summed E-state index contributed by atoms with van der Waals surface area (Å²) in [6.45, 7) is 2.07. The Morgan fingerprint density at radius 1 is 1.68 bits per heavy atom. The minimum absolute atomic E-state index is 0.111. The number of nitro groups is 1. The Bertz CT molecular complexity index is 523. The molecule has 1 unspecified atom stereocenters. The second kappa shape index (κ2) is 5.43. The smallest absolute Gasteiger partial charge is 0.327 e. The molecule has 2 heterocycles. The van der Waals surface area contributed by atoms with Crippen LogP contribution in [0.15, 0.2) is 12.3 Å². The molecule has 8 heteroatoms. The molecule has 0 aliphatic carbocycles. The van der Waals surface area contributed by atoms with Crippen molar-refractivity contribution in [2.24, 2.45) is 0 Å². The van der Waals surface area contributed by atoms with Crippen LogP contribution in [-0.2, 0) is 4.79 Å². The molecule has 19 heavy (non-hydrogen) atoms. The van der Waals surface area contributed by atoms with Crippen LogP contribution in [0.25, 0.3) is 0 Å². The highest BCUT2D eigenvalue weighted by molar-refractivity contribution is 7.99. The number of nitrogens with zero attached hydrogens (tertiary/aromatic N) is 3. The SMILES string of the molecule is Cc1ccnc(N2CCSCC2C(=O)O)c1[N+](=O)[O-]. The number of thioether (sulfide) groups is 1. The van der Waals surface area contributed by atoms with Crippen molar-refractivity contribution in [1.82, 2.24) is 4.98 Å². The standard InChI is InChI=1S/C11H13N3O4S/c1-7-2-3-12-10(9(7)14(17)18)13-4-5-19-6-8(13)11(15)16/h2-3,8H,4-6H2,1H3,(H,15,16). The molecule has 1 N–H and O–H groups in total. The summed E-state index contributed by atoms with van der Waals surface area (Å²) in [5, 5.41) is 20.4. The normalized spacial score (nSPS) is 19.2. The van der Waals surface area contributed by atoms with Gasteiger partial charge in [-0.1, -0.05) is 0 Å². The Morgan fingerprint density at radius 3 is 3.05 bits per heavy atom. The molecule has 0 bridgehead atoms. The number of hydrogen-bond donors (Lipinski definition) is 1. The van der Waals surface area contributed by atoms with E-state index in [1.54, 1.807) is 13.0 Å². The lowest BCUT2D eigenvalue weighted by atomic mass is 10.2. The maximum absolute atomic E-state index is 11.3. The number of hydrogen-bond acceptors (Lipinski definition) is 6. The minimum Gasteiger partial charge on any atom is -0.480 e. The Hall–Kier alpha value is -1.83. The second-order valence-electron chi connectivity index (χ2n) is 4.18. The molecule has 102 valence electrons. The van der Waals surface area contributed by atoms with Gasteiger partial charge < -0.3 is 10.0 Å². The molecule has 0 saturated carbocycles.